The second kappa shape index (κ2) is 8.60. The van der Waals surface area contributed by atoms with Crippen molar-refractivity contribution in [1.29, 1.82) is 0 Å². The van der Waals surface area contributed by atoms with Crippen LogP contribution in [0.4, 0.5) is 10.1 Å². The van der Waals surface area contributed by atoms with E-state index < -0.39 is 6.10 Å². The Balaban J connectivity index is 2.16. The van der Waals surface area contributed by atoms with Crippen molar-refractivity contribution >= 4 is 22.9 Å². The molecule has 1 heterocycles. The molecule has 2 aromatic rings. The van der Waals surface area contributed by atoms with E-state index in [4.69, 9.17) is 4.74 Å². The molecule has 0 bridgehead atoms. The molecule has 0 aliphatic carbocycles. The van der Waals surface area contributed by atoms with Crippen LogP contribution in [0.5, 0.6) is 0 Å². The Labute approximate surface area is 140 Å². The fourth-order valence-electron chi connectivity index (χ4n) is 2.09. The summed E-state index contributed by atoms with van der Waals surface area (Å²) in [6.45, 7) is 6.26. The summed E-state index contributed by atoms with van der Waals surface area (Å²) >= 11 is 1.58. The molecule has 0 saturated heterocycles. The number of anilines is 1. The van der Waals surface area contributed by atoms with Crippen LogP contribution < -0.4 is 4.90 Å². The summed E-state index contributed by atoms with van der Waals surface area (Å²) in [4.78, 5) is 15.4. The summed E-state index contributed by atoms with van der Waals surface area (Å²) in [5.41, 5.74) is 0.656. The zero-order chi connectivity index (χ0) is 16.7. The molecule has 0 saturated carbocycles. The molecule has 1 aromatic carbocycles. The van der Waals surface area contributed by atoms with Gasteiger partial charge < -0.3 is 9.64 Å². The molecule has 0 N–H and O–H groups in total. The number of hydrogen-bond donors (Lipinski definition) is 0. The Morgan fingerprint density at radius 1 is 1.39 bits per heavy atom. The minimum Gasteiger partial charge on any atom is -0.368 e. The third-order valence-corrected chi connectivity index (χ3v) is 4.20. The summed E-state index contributed by atoms with van der Waals surface area (Å²) in [5.74, 6) is -0.471. The lowest BCUT2D eigenvalue weighted by atomic mass is 10.2. The molecule has 5 heteroatoms. The first-order valence-corrected chi connectivity index (χ1v) is 8.31. The number of carbonyl (C=O) groups is 1. The van der Waals surface area contributed by atoms with Gasteiger partial charge in [0.2, 0.25) is 0 Å². The van der Waals surface area contributed by atoms with Gasteiger partial charge in [-0.3, -0.25) is 4.79 Å². The van der Waals surface area contributed by atoms with E-state index in [1.807, 2.05) is 17.5 Å². The number of rotatable bonds is 8. The molecule has 0 aliphatic heterocycles. The Kier molecular flexibility index (Phi) is 6.50. The van der Waals surface area contributed by atoms with E-state index in [2.05, 4.69) is 6.58 Å². The van der Waals surface area contributed by atoms with E-state index in [0.717, 1.165) is 4.88 Å². The zero-order valence-corrected chi connectivity index (χ0v) is 13.9. The maximum absolute atomic E-state index is 13.2. The lowest BCUT2D eigenvalue weighted by molar-refractivity contribution is -0.129. The van der Waals surface area contributed by atoms with Crippen molar-refractivity contribution in [1.82, 2.24) is 0 Å². The number of hydrogen-bond acceptors (Lipinski definition) is 3. The minimum atomic E-state index is -0.569. The predicted octanol–water partition coefficient (Wildman–Crippen LogP) is 4.40. The van der Waals surface area contributed by atoms with Gasteiger partial charge in [-0.2, -0.15) is 0 Å². The molecular weight excluding hydrogens is 313 g/mol. The molecule has 1 amide bonds. The van der Waals surface area contributed by atoms with Crippen molar-refractivity contribution in [3.8, 4) is 0 Å². The van der Waals surface area contributed by atoms with Crippen LogP contribution in [-0.4, -0.2) is 18.6 Å². The van der Waals surface area contributed by atoms with E-state index in [9.17, 15) is 9.18 Å². The Morgan fingerprint density at radius 3 is 2.74 bits per heavy atom. The molecule has 3 nitrogen and oxygen atoms in total. The topological polar surface area (TPSA) is 29.5 Å². The van der Waals surface area contributed by atoms with Crippen LogP contribution >= 0.6 is 11.3 Å². The van der Waals surface area contributed by atoms with Crippen LogP contribution in [0.2, 0.25) is 0 Å². The normalized spacial score (nSPS) is 11.9. The molecule has 1 aromatic heterocycles. The molecule has 1 atom stereocenters. The van der Waals surface area contributed by atoms with Crippen molar-refractivity contribution in [2.75, 3.05) is 11.5 Å². The predicted molar refractivity (Wildman–Crippen MR) is 92.1 cm³/mol. The number of halogens is 1. The number of benzene rings is 1. The van der Waals surface area contributed by atoms with Gasteiger partial charge in [-0.05, 0) is 49.1 Å². The number of thiophene rings is 1. The van der Waals surface area contributed by atoms with Crippen molar-refractivity contribution < 1.29 is 13.9 Å². The quantitative estimate of drug-likeness (QED) is 0.529. The van der Waals surface area contributed by atoms with E-state index in [0.29, 0.717) is 25.3 Å². The van der Waals surface area contributed by atoms with Crippen molar-refractivity contribution in [2.45, 2.75) is 26.0 Å². The van der Waals surface area contributed by atoms with Gasteiger partial charge in [0.15, 0.2) is 0 Å². The molecule has 122 valence electrons. The van der Waals surface area contributed by atoms with Gasteiger partial charge in [-0.25, -0.2) is 4.39 Å². The zero-order valence-electron chi connectivity index (χ0n) is 13.1. The Morgan fingerprint density at radius 2 is 2.13 bits per heavy atom. The highest BCUT2D eigenvalue weighted by Gasteiger charge is 2.23. The Hall–Kier alpha value is -1.98. The van der Waals surface area contributed by atoms with Gasteiger partial charge in [-0.15, -0.1) is 17.9 Å². The Bertz CT molecular complexity index is 625. The average Bonchev–Trinajstić information content (AvgIpc) is 3.06. The van der Waals surface area contributed by atoms with Crippen molar-refractivity contribution in [2.24, 2.45) is 0 Å². The third kappa shape index (κ3) is 5.01. The summed E-state index contributed by atoms with van der Waals surface area (Å²) in [6, 6.07) is 9.84. The summed E-state index contributed by atoms with van der Waals surface area (Å²) in [5, 5.41) is 1.96. The van der Waals surface area contributed by atoms with Gasteiger partial charge in [-0.1, -0.05) is 12.1 Å². The van der Waals surface area contributed by atoms with Crippen LogP contribution in [0.25, 0.3) is 0 Å². The summed E-state index contributed by atoms with van der Waals surface area (Å²) < 4.78 is 18.7. The highest BCUT2D eigenvalue weighted by atomic mass is 32.1. The van der Waals surface area contributed by atoms with Crippen molar-refractivity contribution in [3.05, 3.63) is 65.1 Å². The van der Waals surface area contributed by atoms with Crippen LogP contribution in [0.15, 0.2) is 54.4 Å². The van der Waals surface area contributed by atoms with Crippen molar-refractivity contribution in [3.63, 3.8) is 0 Å². The maximum Gasteiger partial charge on any atom is 0.256 e. The number of ether oxygens (including phenoxy) is 1. The fraction of sp³-hybridized carbons (Fsp3) is 0.278. The highest BCUT2D eigenvalue weighted by Crippen LogP contribution is 2.21. The number of carbonyl (C=O) groups excluding carboxylic acids is 1. The number of amides is 1. The fourth-order valence-corrected chi connectivity index (χ4v) is 2.79. The summed E-state index contributed by atoms with van der Waals surface area (Å²) in [6.07, 6.45) is 1.87. The molecule has 1 unspecified atom stereocenters. The van der Waals surface area contributed by atoms with Crippen LogP contribution in [0.1, 0.15) is 18.2 Å². The minimum absolute atomic E-state index is 0.144. The average molecular weight is 333 g/mol. The standard InChI is InChI=1S/C18H20FNO2S/c1-3-4-11-22-14(2)18(21)20(13-17-6-5-12-23-17)16-9-7-15(19)8-10-16/h3,5-10,12,14H,1,4,11,13H2,2H3. The van der Waals surface area contributed by atoms with Crippen LogP contribution in [0, 0.1) is 5.82 Å². The smallest absolute Gasteiger partial charge is 0.256 e. The van der Waals surface area contributed by atoms with E-state index in [1.165, 1.54) is 12.1 Å². The molecule has 0 spiro atoms. The van der Waals surface area contributed by atoms with E-state index in [-0.39, 0.29) is 11.7 Å². The second-order valence-corrected chi connectivity index (χ2v) is 6.10. The van der Waals surface area contributed by atoms with Gasteiger partial charge >= 0.3 is 0 Å². The largest absolute Gasteiger partial charge is 0.368 e. The lowest BCUT2D eigenvalue weighted by Gasteiger charge is -2.25. The molecule has 2 rings (SSSR count). The maximum atomic E-state index is 13.2. The van der Waals surface area contributed by atoms with E-state index >= 15 is 0 Å². The third-order valence-electron chi connectivity index (χ3n) is 3.34. The monoisotopic (exact) mass is 333 g/mol. The number of nitrogens with zero attached hydrogens (tertiary/aromatic N) is 1. The molecule has 0 fully saturated rings. The highest BCUT2D eigenvalue weighted by molar-refractivity contribution is 7.09. The first kappa shape index (κ1) is 17.4. The van der Waals surface area contributed by atoms with Crippen LogP contribution in [-0.2, 0) is 16.1 Å². The van der Waals surface area contributed by atoms with Gasteiger partial charge in [0, 0.05) is 10.6 Å². The van der Waals surface area contributed by atoms with E-state index in [1.54, 1.807) is 41.4 Å². The van der Waals surface area contributed by atoms with Crippen LogP contribution in [0.3, 0.4) is 0 Å². The van der Waals surface area contributed by atoms with Gasteiger partial charge in [0.05, 0.1) is 13.2 Å². The molecule has 0 radical (unpaired) electrons. The first-order valence-electron chi connectivity index (χ1n) is 7.43. The second-order valence-electron chi connectivity index (χ2n) is 5.07. The first-order chi connectivity index (χ1) is 11.1. The lowest BCUT2D eigenvalue weighted by Crippen LogP contribution is -2.38. The SMILES string of the molecule is C=CCCOC(C)C(=O)N(Cc1cccs1)c1ccc(F)cc1. The molecule has 0 aliphatic rings. The van der Waals surface area contributed by atoms with Gasteiger partial charge in [0.25, 0.3) is 5.91 Å². The molecule has 23 heavy (non-hydrogen) atoms. The van der Waals surface area contributed by atoms with Gasteiger partial charge in [0.1, 0.15) is 11.9 Å². The molecular formula is C18H20FNO2S. The summed E-state index contributed by atoms with van der Waals surface area (Å²) in [7, 11) is 0.